The molecule has 1 aromatic carbocycles. The molecule has 100 valence electrons. The zero-order valence-corrected chi connectivity index (χ0v) is 11.5. The van der Waals surface area contributed by atoms with E-state index in [1.807, 2.05) is 6.07 Å². The third kappa shape index (κ3) is 3.61. The number of halogens is 1. The maximum atomic E-state index is 6.10. The van der Waals surface area contributed by atoms with Crippen molar-refractivity contribution in [2.45, 2.75) is 19.3 Å². The largest absolute Gasteiger partial charge is 0.378 e. The predicted octanol–water partition coefficient (Wildman–Crippen LogP) is 2.46. The average Bonchev–Trinajstić information content (AvgIpc) is 2.40. The Morgan fingerprint density at radius 2 is 2.00 bits per heavy atom. The summed E-state index contributed by atoms with van der Waals surface area (Å²) in [4.78, 5) is 2.39. The molecule has 0 radical (unpaired) electrons. The maximum absolute atomic E-state index is 6.10. The molecule has 1 aliphatic rings. The van der Waals surface area contributed by atoms with Gasteiger partial charge in [-0.1, -0.05) is 11.6 Å². The summed E-state index contributed by atoms with van der Waals surface area (Å²) in [7, 11) is 0. The van der Waals surface area contributed by atoms with E-state index in [9.17, 15) is 0 Å². The van der Waals surface area contributed by atoms with Crippen LogP contribution in [0.4, 0.5) is 5.69 Å². The van der Waals surface area contributed by atoms with Gasteiger partial charge < -0.3 is 15.4 Å². The molecule has 0 atom stereocenters. The van der Waals surface area contributed by atoms with E-state index in [1.165, 1.54) is 11.3 Å². The van der Waals surface area contributed by atoms with Gasteiger partial charge in [-0.2, -0.15) is 0 Å². The first-order valence-corrected chi connectivity index (χ1v) is 7.00. The summed E-state index contributed by atoms with van der Waals surface area (Å²) in [6.07, 6.45) is 3.23. The number of anilines is 1. The number of unbranched alkanes of at least 4 members (excludes halogenated alkanes) is 1. The van der Waals surface area contributed by atoms with E-state index >= 15 is 0 Å². The van der Waals surface area contributed by atoms with Crippen LogP contribution in [0.15, 0.2) is 18.2 Å². The number of benzene rings is 1. The first-order chi connectivity index (χ1) is 8.81. The van der Waals surface area contributed by atoms with Crippen LogP contribution in [-0.4, -0.2) is 32.8 Å². The van der Waals surface area contributed by atoms with E-state index in [-0.39, 0.29) is 0 Å². The lowest BCUT2D eigenvalue weighted by molar-refractivity contribution is 0.122. The van der Waals surface area contributed by atoms with E-state index in [0.29, 0.717) is 0 Å². The molecule has 2 rings (SSSR count). The zero-order chi connectivity index (χ0) is 12.8. The van der Waals surface area contributed by atoms with Gasteiger partial charge in [0, 0.05) is 23.8 Å². The third-order valence-electron chi connectivity index (χ3n) is 3.29. The van der Waals surface area contributed by atoms with Gasteiger partial charge in [0.15, 0.2) is 0 Å². The van der Waals surface area contributed by atoms with Crippen molar-refractivity contribution >= 4 is 17.3 Å². The number of nitrogens with two attached hydrogens (primary N) is 1. The van der Waals surface area contributed by atoms with Crippen LogP contribution in [-0.2, 0) is 11.2 Å². The van der Waals surface area contributed by atoms with Crippen LogP contribution in [0.1, 0.15) is 18.4 Å². The molecule has 1 saturated heterocycles. The van der Waals surface area contributed by atoms with Gasteiger partial charge >= 0.3 is 0 Å². The molecular weight excluding hydrogens is 248 g/mol. The first-order valence-electron chi connectivity index (χ1n) is 6.62. The van der Waals surface area contributed by atoms with Crippen molar-refractivity contribution in [1.82, 2.24) is 0 Å². The molecule has 2 N–H and O–H groups in total. The van der Waals surface area contributed by atoms with E-state index in [2.05, 4.69) is 17.0 Å². The molecule has 1 aliphatic heterocycles. The molecule has 0 saturated carbocycles. The minimum atomic E-state index is 0.757. The fourth-order valence-electron chi connectivity index (χ4n) is 2.33. The highest BCUT2D eigenvalue weighted by atomic mass is 35.5. The molecule has 3 nitrogen and oxygen atoms in total. The van der Waals surface area contributed by atoms with Crippen molar-refractivity contribution in [3.63, 3.8) is 0 Å². The minimum Gasteiger partial charge on any atom is -0.378 e. The molecule has 0 bridgehead atoms. The molecule has 1 aromatic rings. The van der Waals surface area contributed by atoms with Gasteiger partial charge in [0.2, 0.25) is 0 Å². The Kier molecular flexibility index (Phi) is 5.29. The lowest BCUT2D eigenvalue weighted by Gasteiger charge is -2.30. The number of nitrogens with zero attached hydrogens (tertiary/aromatic N) is 1. The van der Waals surface area contributed by atoms with Gasteiger partial charge in [0.1, 0.15) is 0 Å². The molecule has 4 heteroatoms. The van der Waals surface area contributed by atoms with Crippen molar-refractivity contribution in [1.29, 1.82) is 0 Å². The van der Waals surface area contributed by atoms with Crippen LogP contribution < -0.4 is 10.6 Å². The highest BCUT2D eigenvalue weighted by Crippen LogP contribution is 2.26. The lowest BCUT2D eigenvalue weighted by Crippen LogP contribution is -2.36. The molecule has 18 heavy (non-hydrogen) atoms. The predicted molar refractivity (Wildman–Crippen MR) is 76.5 cm³/mol. The highest BCUT2D eigenvalue weighted by molar-refractivity contribution is 6.30. The molecule has 0 unspecified atom stereocenters. The van der Waals surface area contributed by atoms with Gasteiger partial charge in [-0.15, -0.1) is 0 Å². The standard InChI is InChI=1S/C14H21ClN2O/c15-13-4-5-14(17-7-9-18-10-8-17)12(11-13)3-1-2-6-16/h4-5,11H,1-3,6-10,16H2. The first kappa shape index (κ1) is 13.7. The summed E-state index contributed by atoms with van der Waals surface area (Å²) in [5, 5.41) is 0.815. The van der Waals surface area contributed by atoms with Crippen molar-refractivity contribution in [3.8, 4) is 0 Å². The average molecular weight is 269 g/mol. The molecule has 0 spiro atoms. The summed E-state index contributed by atoms with van der Waals surface area (Å²) in [6.45, 7) is 4.31. The van der Waals surface area contributed by atoms with E-state index in [0.717, 1.165) is 57.1 Å². The molecule has 0 aliphatic carbocycles. The van der Waals surface area contributed by atoms with Crippen LogP contribution in [0.2, 0.25) is 5.02 Å². The van der Waals surface area contributed by atoms with Crippen LogP contribution >= 0.6 is 11.6 Å². The second-order valence-corrected chi connectivity index (χ2v) is 5.05. The van der Waals surface area contributed by atoms with E-state index < -0.39 is 0 Å². The van der Waals surface area contributed by atoms with E-state index in [1.54, 1.807) is 0 Å². The molecule has 0 aromatic heterocycles. The number of hydrogen-bond acceptors (Lipinski definition) is 3. The van der Waals surface area contributed by atoms with Crippen molar-refractivity contribution in [2.24, 2.45) is 5.73 Å². The van der Waals surface area contributed by atoms with Crippen molar-refractivity contribution < 1.29 is 4.74 Å². The minimum absolute atomic E-state index is 0.757. The Balaban J connectivity index is 2.11. The second kappa shape index (κ2) is 6.98. The van der Waals surface area contributed by atoms with Crippen LogP contribution in [0.5, 0.6) is 0 Å². The Labute approximate surface area is 114 Å². The Hall–Kier alpha value is -0.770. The fraction of sp³-hybridized carbons (Fsp3) is 0.571. The third-order valence-corrected chi connectivity index (χ3v) is 3.53. The number of morpholine rings is 1. The van der Waals surface area contributed by atoms with Crippen LogP contribution in [0.25, 0.3) is 0 Å². The highest BCUT2D eigenvalue weighted by Gasteiger charge is 2.14. The van der Waals surface area contributed by atoms with Crippen molar-refractivity contribution in [3.05, 3.63) is 28.8 Å². The summed E-state index contributed by atoms with van der Waals surface area (Å²) in [5.74, 6) is 0. The van der Waals surface area contributed by atoms with Gasteiger partial charge in [-0.05, 0) is 49.6 Å². The van der Waals surface area contributed by atoms with Gasteiger partial charge in [0.25, 0.3) is 0 Å². The Morgan fingerprint density at radius 1 is 1.22 bits per heavy atom. The van der Waals surface area contributed by atoms with Gasteiger partial charge in [0.05, 0.1) is 13.2 Å². The normalized spacial score (nSPS) is 16.0. The molecular formula is C14H21ClN2O. The monoisotopic (exact) mass is 268 g/mol. The summed E-state index contributed by atoms with van der Waals surface area (Å²) in [6, 6.07) is 6.19. The number of hydrogen-bond donors (Lipinski definition) is 1. The second-order valence-electron chi connectivity index (χ2n) is 4.62. The fourth-order valence-corrected chi connectivity index (χ4v) is 2.52. The number of rotatable bonds is 5. The van der Waals surface area contributed by atoms with Gasteiger partial charge in [-0.3, -0.25) is 0 Å². The quantitative estimate of drug-likeness (QED) is 0.834. The number of aryl methyl sites for hydroxylation is 1. The Bertz CT molecular complexity index is 378. The summed E-state index contributed by atoms with van der Waals surface area (Å²) in [5.41, 5.74) is 8.19. The smallest absolute Gasteiger partial charge is 0.0642 e. The topological polar surface area (TPSA) is 38.5 Å². The van der Waals surface area contributed by atoms with Crippen molar-refractivity contribution in [2.75, 3.05) is 37.7 Å². The summed E-state index contributed by atoms with van der Waals surface area (Å²) >= 11 is 6.10. The molecule has 0 amide bonds. The number of ether oxygens (including phenoxy) is 1. The molecule has 1 fully saturated rings. The Morgan fingerprint density at radius 3 is 2.72 bits per heavy atom. The summed E-state index contributed by atoms with van der Waals surface area (Å²) < 4.78 is 5.40. The SMILES string of the molecule is NCCCCc1cc(Cl)ccc1N1CCOCC1. The van der Waals surface area contributed by atoms with Crippen LogP contribution in [0.3, 0.4) is 0 Å². The zero-order valence-electron chi connectivity index (χ0n) is 10.7. The van der Waals surface area contributed by atoms with E-state index in [4.69, 9.17) is 22.1 Å². The maximum Gasteiger partial charge on any atom is 0.0642 e. The molecule has 1 heterocycles. The van der Waals surface area contributed by atoms with Crippen LogP contribution in [0, 0.1) is 0 Å². The van der Waals surface area contributed by atoms with Gasteiger partial charge in [-0.25, -0.2) is 0 Å². The lowest BCUT2D eigenvalue weighted by atomic mass is 10.0.